The van der Waals surface area contributed by atoms with Crippen LogP contribution in [0.15, 0.2) is 24.3 Å². The fourth-order valence-corrected chi connectivity index (χ4v) is 2.84. The molecule has 0 saturated carbocycles. The molecular formula is C16H18N2O7. The van der Waals surface area contributed by atoms with E-state index in [9.17, 15) is 19.5 Å². The second-order valence-electron chi connectivity index (χ2n) is 5.68. The van der Waals surface area contributed by atoms with Gasteiger partial charge in [-0.3, -0.25) is 9.59 Å². The fourth-order valence-electron chi connectivity index (χ4n) is 2.84. The number of carboxylic acid groups (broad SMARTS) is 1. The summed E-state index contributed by atoms with van der Waals surface area (Å²) >= 11 is 0. The van der Waals surface area contributed by atoms with E-state index in [1.165, 1.54) is 4.90 Å². The predicted molar refractivity (Wildman–Crippen MR) is 85.3 cm³/mol. The molecule has 2 saturated heterocycles. The van der Waals surface area contributed by atoms with E-state index in [1.54, 1.807) is 29.2 Å². The van der Waals surface area contributed by atoms with E-state index in [4.69, 9.17) is 14.6 Å². The van der Waals surface area contributed by atoms with Crippen molar-refractivity contribution in [3.8, 4) is 0 Å². The predicted octanol–water partition coefficient (Wildman–Crippen LogP) is -0.773. The van der Waals surface area contributed by atoms with Crippen LogP contribution in [0.1, 0.15) is 0 Å². The number of aliphatic hydroxyl groups excluding tert-OH is 1. The topological polar surface area (TPSA) is 117 Å². The molecule has 3 rings (SSSR count). The molecular weight excluding hydrogens is 332 g/mol. The number of aliphatic hydroxyl groups is 1. The molecule has 0 spiro atoms. The van der Waals surface area contributed by atoms with E-state index in [2.05, 4.69) is 0 Å². The molecule has 2 aliphatic heterocycles. The van der Waals surface area contributed by atoms with Gasteiger partial charge in [0.1, 0.15) is 6.61 Å². The first kappa shape index (κ1) is 17.3. The van der Waals surface area contributed by atoms with E-state index in [-0.39, 0.29) is 25.7 Å². The number of anilines is 2. The third-order valence-electron chi connectivity index (χ3n) is 4.10. The highest BCUT2D eigenvalue weighted by Crippen LogP contribution is 2.26. The van der Waals surface area contributed by atoms with Gasteiger partial charge in [0.2, 0.25) is 0 Å². The van der Waals surface area contributed by atoms with Crippen LogP contribution in [0.5, 0.6) is 0 Å². The van der Waals surface area contributed by atoms with Crippen molar-refractivity contribution >= 4 is 29.2 Å². The van der Waals surface area contributed by atoms with Gasteiger partial charge in [0.15, 0.2) is 12.2 Å². The first-order chi connectivity index (χ1) is 12.0. The quantitative estimate of drug-likeness (QED) is 0.732. The van der Waals surface area contributed by atoms with Gasteiger partial charge < -0.3 is 29.5 Å². The average molecular weight is 350 g/mol. The summed E-state index contributed by atoms with van der Waals surface area (Å²) < 4.78 is 10.2. The van der Waals surface area contributed by atoms with E-state index in [1.807, 2.05) is 0 Å². The molecule has 0 aromatic heterocycles. The van der Waals surface area contributed by atoms with Gasteiger partial charge in [-0.05, 0) is 18.2 Å². The number of morpholine rings is 2. The third-order valence-corrected chi connectivity index (χ3v) is 4.10. The highest BCUT2D eigenvalue weighted by molar-refractivity contribution is 6.01. The molecule has 0 bridgehead atoms. The molecule has 134 valence electrons. The Morgan fingerprint density at radius 1 is 1.16 bits per heavy atom. The molecule has 1 aromatic carbocycles. The SMILES string of the molecule is O=C(O)C(O)C1OCCN(c2cccc(N3CCOCC3=O)c2)C1=O. The lowest BCUT2D eigenvalue weighted by molar-refractivity contribution is -0.163. The number of rotatable bonds is 4. The van der Waals surface area contributed by atoms with Gasteiger partial charge in [-0.15, -0.1) is 0 Å². The molecule has 2 heterocycles. The number of hydrogen-bond acceptors (Lipinski definition) is 6. The molecule has 2 aliphatic rings. The second kappa shape index (κ2) is 7.18. The number of benzene rings is 1. The van der Waals surface area contributed by atoms with Crippen molar-refractivity contribution in [2.45, 2.75) is 12.2 Å². The molecule has 2 fully saturated rings. The standard InChI is InChI=1S/C16H18N2O7/c19-12-9-24-6-4-17(12)10-2-1-3-11(8-10)18-5-7-25-14(15(18)21)13(20)16(22)23/h1-3,8,13-14,20H,4-7,9H2,(H,22,23). The minimum Gasteiger partial charge on any atom is -0.479 e. The first-order valence-corrected chi connectivity index (χ1v) is 7.81. The van der Waals surface area contributed by atoms with E-state index in [0.29, 0.717) is 24.5 Å². The first-order valence-electron chi connectivity index (χ1n) is 7.81. The maximum atomic E-state index is 12.5. The summed E-state index contributed by atoms with van der Waals surface area (Å²) in [6.45, 7) is 1.18. The van der Waals surface area contributed by atoms with Crippen LogP contribution in [0.4, 0.5) is 11.4 Å². The molecule has 0 aliphatic carbocycles. The highest BCUT2D eigenvalue weighted by Gasteiger charge is 2.39. The van der Waals surface area contributed by atoms with Crippen molar-refractivity contribution < 1.29 is 34.1 Å². The zero-order chi connectivity index (χ0) is 18.0. The summed E-state index contributed by atoms with van der Waals surface area (Å²) in [7, 11) is 0. The van der Waals surface area contributed by atoms with Crippen LogP contribution in [0.3, 0.4) is 0 Å². The molecule has 2 unspecified atom stereocenters. The number of amides is 2. The summed E-state index contributed by atoms with van der Waals surface area (Å²) in [5.74, 6) is -2.32. The Morgan fingerprint density at radius 3 is 2.52 bits per heavy atom. The van der Waals surface area contributed by atoms with E-state index >= 15 is 0 Å². The van der Waals surface area contributed by atoms with Gasteiger partial charge >= 0.3 is 5.97 Å². The van der Waals surface area contributed by atoms with Gasteiger partial charge in [0.25, 0.3) is 11.8 Å². The summed E-state index contributed by atoms with van der Waals surface area (Å²) in [4.78, 5) is 38.3. The van der Waals surface area contributed by atoms with Crippen molar-refractivity contribution in [3.63, 3.8) is 0 Å². The lowest BCUT2D eigenvalue weighted by Gasteiger charge is -2.34. The summed E-state index contributed by atoms with van der Waals surface area (Å²) in [6, 6.07) is 6.82. The van der Waals surface area contributed by atoms with Crippen molar-refractivity contribution in [1.82, 2.24) is 0 Å². The van der Waals surface area contributed by atoms with Crippen LogP contribution < -0.4 is 9.80 Å². The molecule has 9 heteroatoms. The van der Waals surface area contributed by atoms with Crippen molar-refractivity contribution in [3.05, 3.63) is 24.3 Å². The molecule has 1 aromatic rings. The normalized spacial score (nSPS) is 22.8. The molecule has 25 heavy (non-hydrogen) atoms. The third kappa shape index (κ3) is 3.48. The van der Waals surface area contributed by atoms with Crippen LogP contribution >= 0.6 is 0 Å². The van der Waals surface area contributed by atoms with E-state index in [0.717, 1.165) is 0 Å². The minimum atomic E-state index is -1.93. The molecule has 9 nitrogen and oxygen atoms in total. The Hall–Kier alpha value is -2.49. The van der Waals surface area contributed by atoms with Crippen LogP contribution in [-0.2, 0) is 23.9 Å². The largest absolute Gasteiger partial charge is 0.479 e. The average Bonchev–Trinajstić information content (AvgIpc) is 2.62. The number of carbonyl (C=O) groups is 3. The van der Waals surface area contributed by atoms with Crippen molar-refractivity contribution in [2.24, 2.45) is 0 Å². The van der Waals surface area contributed by atoms with Crippen LogP contribution in [0.25, 0.3) is 0 Å². The number of carboxylic acids is 1. The maximum Gasteiger partial charge on any atom is 0.335 e. The minimum absolute atomic E-state index is 0.00753. The Balaban J connectivity index is 1.83. The summed E-state index contributed by atoms with van der Waals surface area (Å²) in [5, 5.41) is 18.5. The number of hydrogen-bond donors (Lipinski definition) is 2. The zero-order valence-corrected chi connectivity index (χ0v) is 13.3. The van der Waals surface area contributed by atoms with Crippen molar-refractivity contribution in [2.75, 3.05) is 42.7 Å². The van der Waals surface area contributed by atoms with Gasteiger partial charge in [-0.1, -0.05) is 6.07 Å². The second-order valence-corrected chi connectivity index (χ2v) is 5.68. The fraction of sp³-hybridized carbons (Fsp3) is 0.438. The number of nitrogens with zero attached hydrogens (tertiary/aromatic N) is 2. The van der Waals surface area contributed by atoms with Crippen LogP contribution in [0, 0.1) is 0 Å². The van der Waals surface area contributed by atoms with Gasteiger partial charge in [0.05, 0.1) is 13.2 Å². The molecule has 2 N–H and O–H groups in total. The Labute approximate surface area is 143 Å². The summed E-state index contributed by atoms with van der Waals surface area (Å²) in [6.07, 6.45) is -3.39. The number of carbonyl (C=O) groups excluding carboxylic acids is 2. The zero-order valence-electron chi connectivity index (χ0n) is 13.3. The highest BCUT2D eigenvalue weighted by atomic mass is 16.5. The molecule has 2 atom stereocenters. The van der Waals surface area contributed by atoms with Crippen molar-refractivity contribution in [1.29, 1.82) is 0 Å². The number of aliphatic carboxylic acids is 1. The Morgan fingerprint density at radius 2 is 1.84 bits per heavy atom. The van der Waals surface area contributed by atoms with Gasteiger partial charge in [0, 0.05) is 24.5 Å². The smallest absolute Gasteiger partial charge is 0.335 e. The van der Waals surface area contributed by atoms with Gasteiger partial charge in [-0.2, -0.15) is 0 Å². The lowest BCUT2D eigenvalue weighted by Crippen LogP contribution is -2.54. The monoisotopic (exact) mass is 350 g/mol. The maximum absolute atomic E-state index is 12.5. The number of ether oxygens (including phenoxy) is 2. The van der Waals surface area contributed by atoms with Crippen LogP contribution in [0.2, 0.25) is 0 Å². The molecule has 2 amide bonds. The van der Waals surface area contributed by atoms with E-state index < -0.39 is 24.1 Å². The Kier molecular flexibility index (Phi) is 4.98. The lowest BCUT2D eigenvalue weighted by atomic mass is 10.1. The summed E-state index contributed by atoms with van der Waals surface area (Å²) in [5.41, 5.74) is 1.13. The van der Waals surface area contributed by atoms with Crippen LogP contribution in [-0.4, -0.2) is 73.1 Å². The Bertz CT molecular complexity index is 693. The van der Waals surface area contributed by atoms with Gasteiger partial charge in [-0.25, -0.2) is 4.79 Å². The molecule has 0 radical (unpaired) electrons.